The SMILES string of the molecule is NC(CSc1ccc(Br)cc1)Cc1cccc(Cl)c1. The quantitative estimate of drug-likeness (QED) is 0.781. The molecule has 0 saturated carbocycles. The summed E-state index contributed by atoms with van der Waals surface area (Å²) in [4.78, 5) is 1.24. The van der Waals surface area contributed by atoms with Gasteiger partial charge >= 0.3 is 0 Å². The Kier molecular flexibility index (Phi) is 5.76. The standard InChI is InChI=1S/C15H15BrClNS/c16-12-4-6-15(7-5-12)19-10-14(18)9-11-2-1-3-13(17)8-11/h1-8,14H,9-10,18H2. The fourth-order valence-corrected chi connectivity index (χ4v) is 3.09. The third kappa shape index (κ3) is 5.19. The molecule has 0 aromatic heterocycles. The van der Waals surface area contributed by atoms with E-state index in [0.29, 0.717) is 0 Å². The zero-order valence-corrected chi connectivity index (χ0v) is 13.5. The van der Waals surface area contributed by atoms with E-state index in [1.165, 1.54) is 10.5 Å². The molecule has 0 bridgehead atoms. The second-order valence-corrected chi connectivity index (χ2v) is 6.80. The minimum atomic E-state index is 0.132. The lowest BCUT2D eigenvalue weighted by molar-refractivity contribution is 0.749. The van der Waals surface area contributed by atoms with Crippen LogP contribution < -0.4 is 5.73 Å². The first-order valence-electron chi connectivity index (χ1n) is 6.02. The van der Waals surface area contributed by atoms with Crippen LogP contribution in [0.2, 0.25) is 5.02 Å². The summed E-state index contributed by atoms with van der Waals surface area (Å²) in [6.45, 7) is 0. The highest BCUT2D eigenvalue weighted by Gasteiger charge is 2.05. The number of hydrogen-bond acceptors (Lipinski definition) is 2. The van der Waals surface area contributed by atoms with Gasteiger partial charge in [-0.3, -0.25) is 0 Å². The van der Waals surface area contributed by atoms with Crippen LogP contribution in [0.3, 0.4) is 0 Å². The molecule has 0 saturated heterocycles. The molecule has 0 aliphatic carbocycles. The third-order valence-corrected chi connectivity index (χ3v) is 4.63. The van der Waals surface area contributed by atoms with Gasteiger partial charge < -0.3 is 5.73 Å². The second kappa shape index (κ2) is 7.34. The smallest absolute Gasteiger partial charge is 0.0408 e. The lowest BCUT2D eigenvalue weighted by Crippen LogP contribution is -2.25. The molecule has 2 N–H and O–H groups in total. The molecule has 2 aromatic carbocycles. The normalized spacial score (nSPS) is 12.4. The first-order chi connectivity index (χ1) is 9.13. The van der Waals surface area contributed by atoms with Crippen molar-refractivity contribution in [1.29, 1.82) is 0 Å². The van der Waals surface area contributed by atoms with Crippen LogP contribution in [0.5, 0.6) is 0 Å². The number of benzene rings is 2. The van der Waals surface area contributed by atoms with Crippen LogP contribution in [0.1, 0.15) is 5.56 Å². The second-order valence-electron chi connectivity index (χ2n) is 4.36. The molecule has 2 aromatic rings. The zero-order valence-electron chi connectivity index (χ0n) is 10.4. The summed E-state index contributed by atoms with van der Waals surface area (Å²) >= 11 is 11.2. The van der Waals surface area contributed by atoms with Gasteiger partial charge in [0.15, 0.2) is 0 Å². The Bertz CT molecular complexity index is 530. The molecular formula is C15H15BrClNS. The van der Waals surface area contributed by atoms with Gasteiger partial charge in [0.25, 0.3) is 0 Å². The van der Waals surface area contributed by atoms with E-state index in [2.05, 4.69) is 34.1 Å². The van der Waals surface area contributed by atoms with E-state index in [0.717, 1.165) is 21.7 Å². The molecule has 2 rings (SSSR count). The highest BCUT2D eigenvalue weighted by atomic mass is 79.9. The molecule has 100 valence electrons. The fourth-order valence-electron chi connectivity index (χ4n) is 1.76. The van der Waals surface area contributed by atoms with Gasteiger partial charge in [-0.1, -0.05) is 39.7 Å². The van der Waals surface area contributed by atoms with Gasteiger partial charge in [0, 0.05) is 26.2 Å². The zero-order chi connectivity index (χ0) is 13.7. The average molecular weight is 357 g/mol. The molecule has 0 aliphatic rings. The van der Waals surface area contributed by atoms with Crippen molar-refractivity contribution in [2.24, 2.45) is 5.73 Å². The molecule has 0 fully saturated rings. The maximum atomic E-state index is 6.16. The Labute approximate surface area is 131 Å². The Morgan fingerprint density at radius 2 is 1.89 bits per heavy atom. The fraction of sp³-hybridized carbons (Fsp3) is 0.200. The van der Waals surface area contributed by atoms with E-state index in [9.17, 15) is 0 Å². The first-order valence-corrected chi connectivity index (χ1v) is 8.17. The third-order valence-electron chi connectivity index (χ3n) is 2.66. The van der Waals surface area contributed by atoms with E-state index in [1.807, 2.05) is 30.3 Å². The Morgan fingerprint density at radius 1 is 1.16 bits per heavy atom. The van der Waals surface area contributed by atoms with Gasteiger partial charge in [-0.2, -0.15) is 0 Å². The summed E-state index contributed by atoms with van der Waals surface area (Å²) in [5, 5.41) is 0.769. The predicted molar refractivity (Wildman–Crippen MR) is 88.0 cm³/mol. The van der Waals surface area contributed by atoms with Crippen LogP contribution in [0.25, 0.3) is 0 Å². The molecule has 0 radical (unpaired) electrons. The van der Waals surface area contributed by atoms with E-state index in [4.69, 9.17) is 17.3 Å². The number of hydrogen-bond donors (Lipinski definition) is 1. The van der Waals surface area contributed by atoms with E-state index in [1.54, 1.807) is 11.8 Å². The largest absolute Gasteiger partial charge is 0.327 e. The summed E-state index contributed by atoms with van der Waals surface area (Å²) < 4.78 is 1.10. The van der Waals surface area contributed by atoms with E-state index >= 15 is 0 Å². The number of nitrogens with two attached hydrogens (primary N) is 1. The van der Waals surface area contributed by atoms with E-state index in [-0.39, 0.29) is 6.04 Å². The van der Waals surface area contributed by atoms with Crippen LogP contribution in [0.4, 0.5) is 0 Å². The molecule has 1 nitrogen and oxygen atoms in total. The van der Waals surface area contributed by atoms with Gasteiger partial charge in [-0.15, -0.1) is 11.8 Å². The molecule has 4 heteroatoms. The number of rotatable bonds is 5. The maximum absolute atomic E-state index is 6.16. The summed E-state index contributed by atoms with van der Waals surface area (Å²) in [5.74, 6) is 0.897. The highest BCUT2D eigenvalue weighted by Crippen LogP contribution is 2.22. The van der Waals surface area contributed by atoms with Crippen molar-refractivity contribution in [3.63, 3.8) is 0 Å². The van der Waals surface area contributed by atoms with Gasteiger partial charge in [0.05, 0.1) is 0 Å². The van der Waals surface area contributed by atoms with Gasteiger partial charge in [-0.25, -0.2) is 0 Å². The van der Waals surface area contributed by atoms with Crippen molar-refractivity contribution in [2.75, 3.05) is 5.75 Å². The summed E-state index contributed by atoms with van der Waals surface area (Å²) in [7, 11) is 0. The summed E-state index contributed by atoms with van der Waals surface area (Å²) in [6, 6.07) is 16.3. The van der Waals surface area contributed by atoms with Crippen molar-refractivity contribution < 1.29 is 0 Å². The lowest BCUT2D eigenvalue weighted by Gasteiger charge is -2.11. The molecule has 0 amide bonds. The molecular weight excluding hydrogens is 342 g/mol. The molecule has 0 heterocycles. The maximum Gasteiger partial charge on any atom is 0.0408 e. The number of halogens is 2. The lowest BCUT2D eigenvalue weighted by atomic mass is 10.1. The monoisotopic (exact) mass is 355 g/mol. The van der Waals surface area contributed by atoms with Gasteiger partial charge in [0.2, 0.25) is 0 Å². The minimum absolute atomic E-state index is 0.132. The molecule has 1 unspecified atom stereocenters. The van der Waals surface area contributed by atoms with Crippen LogP contribution >= 0.6 is 39.3 Å². The Morgan fingerprint density at radius 3 is 2.58 bits per heavy atom. The molecule has 1 atom stereocenters. The van der Waals surface area contributed by atoms with Crippen molar-refractivity contribution in [1.82, 2.24) is 0 Å². The topological polar surface area (TPSA) is 26.0 Å². The van der Waals surface area contributed by atoms with Crippen LogP contribution in [-0.2, 0) is 6.42 Å². The molecule has 19 heavy (non-hydrogen) atoms. The predicted octanol–water partition coefficient (Wildman–Crippen LogP) is 4.76. The Hall–Kier alpha value is -0.480. The van der Waals surface area contributed by atoms with Crippen molar-refractivity contribution in [3.05, 3.63) is 63.6 Å². The Balaban J connectivity index is 1.84. The minimum Gasteiger partial charge on any atom is -0.327 e. The van der Waals surface area contributed by atoms with Crippen molar-refractivity contribution in [3.8, 4) is 0 Å². The average Bonchev–Trinajstić information content (AvgIpc) is 2.38. The first kappa shape index (κ1) is 14.9. The van der Waals surface area contributed by atoms with E-state index < -0.39 is 0 Å². The van der Waals surface area contributed by atoms with Crippen LogP contribution in [0, 0.1) is 0 Å². The summed E-state index contributed by atoms with van der Waals surface area (Å²) in [6.07, 6.45) is 0.851. The number of thioether (sulfide) groups is 1. The highest BCUT2D eigenvalue weighted by molar-refractivity contribution is 9.10. The molecule has 0 aliphatic heterocycles. The van der Waals surface area contributed by atoms with Crippen molar-refractivity contribution in [2.45, 2.75) is 17.4 Å². The van der Waals surface area contributed by atoms with Crippen molar-refractivity contribution >= 4 is 39.3 Å². The molecule has 0 spiro atoms. The summed E-state index contributed by atoms with van der Waals surface area (Å²) in [5.41, 5.74) is 7.35. The van der Waals surface area contributed by atoms with Gasteiger partial charge in [0.1, 0.15) is 0 Å². The van der Waals surface area contributed by atoms with Crippen LogP contribution in [-0.4, -0.2) is 11.8 Å². The van der Waals surface area contributed by atoms with Crippen LogP contribution in [0.15, 0.2) is 57.9 Å². The van der Waals surface area contributed by atoms with Gasteiger partial charge in [-0.05, 0) is 48.4 Å².